The Kier molecular flexibility index (Phi) is 21.3. The van der Waals surface area contributed by atoms with Gasteiger partial charge in [0.2, 0.25) is 0 Å². The third kappa shape index (κ3) is 23.5. The minimum Gasteiger partial charge on any atom is -0.748 e. The molecule has 0 aromatic carbocycles. The van der Waals surface area contributed by atoms with Crippen LogP contribution in [0.25, 0.3) is 0 Å². The fraction of sp³-hybridized carbons (Fsp3) is 1.00. The van der Waals surface area contributed by atoms with Crippen molar-refractivity contribution in [3.05, 3.63) is 0 Å². The Balaban J connectivity index is 0. The van der Waals surface area contributed by atoms with Gasteiger partial charge in [0.05, 0.1) is 16.2 Å². The summed E-state index contributed by atoms with van der Waals surface area (Å²) >= 11 is 0. The van der Waals surface area contributed by atoms with E-state index in [0.29, 0.717) is 6.42 Å². The van der Waals surface area contributed by atoms with Crippen molar-refractivity contribution in [3.8, 4) is 0 Å². The molecule has 0 radical (unpaired) electrons. The molecule has 1 atom stereocenters. The summed E-state index contributed by atoms with van der Waals surface area (Å²) in [7, 11) is -4.18. The third-order valence-electron chi connectivity index (χ3n) is 4.09. The van der Waals surface area contributed by atoms with Crippen LogP contribution >= 0.6 is 0 Å². The van der Waals surface area contributed by atoms with Gasteiger partial charge in [-0.2, -0.15) is 0 Å². The van der Waals surface area contributed by atoms with Crippen LogP contribution in [0.3, 0.4) is 0 Å². The van der Waals surface area contributed by atoms with E-state index in [0.717, 1.165) is 12.8 Å². The van der Waals surface area contributed by atoms with Crippen molar-refractivity contribution < 1.29 is 69.5 Å². The molecule has 134 valence electrons. The summed E-state index contributed by atoms with van der Waals surface area (Å²) in [5.41, 5.74) is 0. The van der Waals surface area contributed by atoms with Crippen molar-refractivity contribution in [1.82, 2.24) is 0 Å². The molecule has 0 aliphatic rings. The van der Waals surface area contributed by atoms with Gasteiger partial charge in [0.15, 0.2) is 0 Å². The van der Waals surface area contributed by atoms with E-state index < -0.39 is 22.0 Å². The van der Waals surface area contributed by atoms with Crippen molar-refractivity contribution in [2.75, 3.05) is 5.75 Å². The van der Waals surface area contributed by atoms with Crippen molar-refractivity contribution in [2.45, 2.75) is 103 Å². The number of aliphatic hydroxyl groups excluding tert-OH is 1. The first-order chi connectivity index (χ1) is 10.5. The van der Waals surface area contributed by atoms with Gasteiger partial charge < -0.3 is 9.66 Å². The molecule has 6 heteroatoms. The zero-order chi connectivity index (χ0) is 16.7. The van der Waals surface area contributed by atoms with Gasteiger partial charge in [0, 0.05) is 5.75 Å². The Hall–Kier alpha value is 1.51. The van der Waals surface area contributed by atoms with Gasteiger partial charge in [-0.15, -0.1) is 0 Å². The SMILES string of the molecule is CCCCCCCCCCCCCCC(O)CCS(=O)(=O)[O-].[K+]. The zero-order valence-corrected chi connectivity index (χ0v) is 19.2. The minimum atomic E-state index is -4.18. The molecule has 0 aromatic heterocycles. The predicted molar refractivity (Wildman–Crippen MR) is 90.9 cm³/mol. The Morgan fingerprint density at radius 1 is 0.783 bits per heavy atom. The summed E-state index contributed by atoms with van der Waals surface area (Å²) < 4.78 is 31.3. The molecular weight excluding hydrogens is 339 g/mol. The fourth-order valence-corrected chi connectivity index (χ4v) is 3.21. The molecular formula is C17H35KO4S. The zero-order valence-electron chi connectivity index (χ0n) is 15.3. The molecule has 1 unspecified atom stereocenters. The third-order valence-corrected chi connectivity index (χ3v) is 4.83. The topological polar surface area (TPSA) is 77.4 Å². The molecule has 0 fully saturated rings. The van der Waals surface area contributed by atoms with E-state index in [4.69, 9.17) is 0 Å². The molecule has 0 rings (SSSR count). The average Bonchev–Trinajstić information content (AvgIpc) is 2.45. The van der Waals surface area contributed by atoms with Gasteiger partial charge in [0.1, 0.15) is 0 Å². The molecule has 0 saturated heterocycles. The van der Waals surface area contributed by atoms with E-state index in [9.17, 15) is 18.1 Å². The second kappa shape index (κ2) is 18.3. The fourth-order valence-electron chi connectivity index (χ4n) is 2.65. The van der Waals surface area contributed by atoms with Crippen LogP contribution in [0, 0.1) is 0 Å². The maximum atomic E-state index is 10.4. The summed E-state index contributed by atoms with van der Waals surface area (Å²) in [6.45, 7) is 2.24. The van der Waals surface area contributed by atoms with Crippen LogP contribution in [0.15, 0.2) is 0 Å². The number of hydrogen-bond donors (Lipinski definition) is 1. The maximum absolute atomic E-state index is 10.4. The number of hydrogen-bond acceptors (Lipinski definition) is 4. The number of unbranched alkanes of at least 4 members (excludes halogenated alkanes) is 11. The van der Waals surface area contributed by atoms with Gasteiger partial charge in [-0.25, -0.2) is 8.42 Å². The predicted octanol–water partition coefficient (Wildman–Crippen LogP) is 1.38. The van der Waals surface area contributed by atoms with Gasteiger partial charge in [-0.05, 0) is 12.8 Å². The largest absolute Gasteiger partial charge is 1.00 e. The molecule has 0 heterocycles. The molecule has 0 saturated carbocycles. The maximum Gasteiger partial charge on any atom is 1.00 e. The summed E-state index contributed by atoms with van der Waals surface area (Å²) in [6, 6.07) is 0. The first-order valence-electron chi connectivity index (χ1n) is 9.07. The van der Waals surface area contributed by atoms with Crippen LogP contribution in [-0.4, -0.2) is 29.9 Å². The molecule has 23 heavy (non-hydrogen) atoms. The van der Waals surface area contributed by atoms with E-state index in [1.807, 2.05) is 0 Å². The molecule has 0 aliphatic heterocycles. The van der Waals surface area contributed by atoms with E-state index in [2.05, 4.69) is 6.92 Å². The Bertz CT molecular complexity index is 333. The second-order valence-corrected chi connectivity index (χ2v) is 7.91. The summed E-state index contributed by atoms with van der Waals surface area (Å²) in [4.78, 5) is 0. The first kappa shape index (κ1) is 26.7. The Labute approximate surface area is 186 Å². The van der Waals surface area contributed by atoms with E-state index in [-0.39, 0.29) is 57.8 Å². The summed E-state index contributed by atoms with van der Waals surface area (Å²) in [6.07, 6.45) is 15.2. The number of aliphatic hydroxyl groups is 1. The minimum absolute atomic E-state index is 0. The molecule has 1 N–H and O–H groups in total. The van der Waals surface area contributed by atoms with Crippen LogP contribution in [0.2, 0.25) is 0 Å². The molecule has 0 aliphatic carbocycles. The molecule has 0 aromatic rings. The van der Waals surface area contributed by atoms with Crippen LogP contribution in [0.5, 0.6) is 0 Å². The van der Waals surface area contributed by atoms with Gasteiger partial charge >= 0.3 is 51.4 Å². The van der Waals surface area contributed by atoms with E-state index in [1.165, 1.54) is 64.2 Å². The van der Waals surface area contributed by atoms with Crippen molar-refractivity contribution in [3.63, 3.8) is 0 Å². The molecule has 0 bridgehead atoms. The molecule has 0 spiro atoms. The first-order valence-corrected chi connectivity index (χ1v) is 10.6. The summed E-state index contributed by atoms with van der Waals surface area (Å²) in [5, 5.41) is 9.57. The second-order valence-electron chi connectivity index (χ2n) is 6.38. The standard InChI is InChI=1S/C17H36O4S.K/c1-2-3-4-5-6-7-8-9-10-11-12-13-14-17(18)15-16-22(19,20)21;/h17-18H,2-16H2,1H3,(H,19,20,21);/q;+1/p-1. The van der Waals surface area contributed by atoms with Crippen molar-refractivity contribution in [1.29, 1.82) is 0 Å². The smallest absolute Gasteiger partial charge is 0.748 e. The number of rotatable bonds is 16. The Morgan fingerprint density at radius 3 is 1.57 bits per heavy atom. The monoisotopic (exact) mass is 374 g/mol. The van der Waals surface area contributed by atoms with Crippen molar-refractivity contribution >= 4 is 10.1 Å². The van der Waals surface area contributed by atoms with Gasteiger partial charge in [-0.1, -0.05) is 84.0 Å². The van der Waals surface area contributed by atoms with Crippen LogP contribution in [0.1, 0.15) is 96.8 Å². The molecule has 0 amide bonds. The van der Waals surface area contributed by atoms with E-state index in [1.54, 1.807) is 0 Å². The quantitative estimate of drug-likeness (QED) is 0.251. The normalized spacial score (nSPS) is 12.8. The van der Waals surface area contributed by atoms with Crippen molar-refractivity contribution in [2.24, 2.45) is 0 Å². The Morgan fingerprint density at radius 2 is 1.17 bits per heavy atom. The van der Waals surface area contributed by atoms with Gasteiger partial charge in [0.25, 0.3) is 0 Å². The van der Waals surface area contributed by atoms with E-state index >= 15 is 0 Å². The van der Waals surface area contributed by atoms with Crippen LogP contribution in [0.4, 0.5) is 0 Å². The molecule has 4 nitrogen and oxygen atoms in total. The average molecular weight is 375 g/mol. The van der Waals surface area contributed by atoms with Crippen LogP contribution < -0.4 is 51.4 Å². The van der Waals surface area contributed by atoms with Gasteiger partial charge in [-0.3, -0.25) is 0 Å². The van der Waals surface area contributed by atoms with Crippen LogP contribution in [-0.2, 0) is 10.1 Å². The summed E-state index contributed by atoms with van der Waals surface area (Å²) in [5.74, 6) is -0.452.